The highest BCUT2D eigenvalue weighted by Crippen LogP contribution is 2.33. The van der Waals surface area contributed by atoms with E-state index in [0.717, 1.165) is 15.7 Å². The molecule has 0 aliphatic rings. The maximum absolute atomic E-state index is 12.3. The molecule has 2 aromatic carbocycles. The Morgan fingerprint density at radius 2 is 1.74 bits per heavy atom. The number of benzene rings is 2. The van der Waals surface area contributed by atoms with E-state index in [1.54, 1.807) is 38.4 Å². The number of nitrogens with zero attached hydrogens (tertiary/aromatic N) is 1. The molecule has 1 N–H and O–H groups in total. The Morgan fingerprint density at radius 1 is 1.13 bits per heavy atom. The van der Waals surface area contributed by atoms with Crippen LogP contribution in [0, 0.1) is 0 Å². The number of hydrogen-bond donors (Lipinski definition) is 1. The number of hydrogen-bond acceptors (Lipinski definition) is 4. The summed E-state index contributed by atoms with van der Waals surface area (Å²) in [5, 5.41) is 1.69. The maximum atomic E-state index is 12.3. The maximum Gasteiger partial charge on any atom is 0.242 e. The Labute approximate surface area is 144 Å². The zero-order chi connectivity index (χ0) is 16.8. The zero-order valence-electron chi connectivity index (χ0n) is 13.3. The van der Waals surface area contributed by atoms with Crippen LogP contribution in [0.5, 0.6) is 11.5 Å². The van der Waals surface area contributed by atoms with Gasteiger partial charge in [0, 0.05) is 11.5 Å². The van der Waals surface area contributed by atoms with Gasteiger partial charge in [0.15, 0.2) is 11.5 Å². The minimum Gasteiger partial charge on any atom is -0.493 e. The van der Waals surface area contributed by atoms with Crippen LogP contribution in [0.4, 0.5) is 5.69 Å². The van der Waals surface area contributed by atoms with Crippen LogP contribution in [0.15, 0.2) is 46.9 Å². The van der Waals surface area contributed by atoms with Gasteiger partial charge in [0.05, 0.1) is 26.3 Å². The van der Waals surface area contributed by atoms with Crippen molar-refractivity contribution in [2.24, 2.45) is 0 Å². The lowest BCUT2D eigenvalue weighted by Gasteiger charge is -2.20. The van der Waals surface area contributed by atoms with Crippen LogP contribution in [-0.2, 0) is 11.2 Å². The van der Waals surface area contributed by atoms with Crippen LogP contribution >= 0.6 is 15.9 Å². The van der Waals surface area contributed by atoms with Crippen molar-refractivity contribution < 1.29 is 14.3 Å². The van der Waals surface area contributed by atoms with E-state index in [2.05, 4.69) is 21.4 Å². The fourth-order valence-corrected chi connectivity index (χ4v) is 2.61. The molecule has 0 aromatic heterocycles. The van der Waals surface area contributed by atoms with E-state index in [0.29, 0.717) is 11.5 Å². The number of methoxy groups -OCH3 is 2. The Hall–Kier alpha value is -2.21. The van der Waals surface area contributed by atoms with E-state index < -0.39 is 0 Å². The van der Waals surface area contributed by atoms with E-state index >= 15 is 0 Å². The Morgan fingerprint density at radius 3 is 2.35 bits per heavy atom. The number of ether oxygens (including phenoxy) is 2. The second-order valence-corrected chi connectivity index (χ2v) is 5.76. The molecule has 0 bridgehead atoms. The highest BCUT2D eigenvalue weighted by atomic mass is 79.9. The molecule has 2 rings (SSSR count). The molecule has 0 spiro atoms. The molecule has 1 amide bonds. The van der Waals surface area contributed by atoms with Gasteiger partial charge in [-0.15, -0.1) is 0 Å². The number of amides is 1. The predicted octanol–water partition coefficient (Wildman–Crippen LogP) is 3.18. The van der Waals surface area contributed by atoms with Crippen LogP contribution in [0.2, 0.25) is 0 Å². The number of rotatable bonds is 6. The SMILES string of the molecule is COc1cc(Br)c(CC(=O)NN(C)c2ccccc2)cc1OC. The molecule has 0 radical (unpaired) electrons. The first kappa shape index (κ1) is 17.1. The molecule has 0 fully saturated rings. The summed E-state index contributed by atoms with van der Waals surface area (Å²) in [6, 6.07) is 13.2. The van der Waals surface area contributed by atoms with E-state index in [1.807, 2.05) is 30.3 Å². The van der Waals surface area contributed by atoms with Crippen molar-refractivity contribution in [2.45, 2.75) is 6.42 Å². The average Bonchev–Trinajstić information content (AvgIpc) is 2.56. The lowest BCUT2D eigenvalue weighted by atomic mass is 10.1. The van der Waals surface area contributed by atoms with E-state index in [-0.39, 0.29) is 12.3 Å². The van der Waals surface area contributed by atoms with Crippen LogP contribution in [0.3, 0.4) is 0 Å². The quantitative estimate of drug-likeness (QED) is 0.784. The monoisotopic (exact) mass is 378 g/mol. The van der Waals surface area contributed by atoms with Crippen molar-refractivity contribution in [3.63, 3.8) is 0 Å². The first-order chi connectivity index (χ1) is 11.0. The summed E-state index contributed by atoms with van der Waals surface area (Å²) in [4.78, 5) is 12.3. The fraction of sp³-hybridized carbons (Fsp3) is 0.235. The van der Waals surface area contributed by atoms with Crippen molar-refractivity contribution in [3.05, 3.63) is 52.5 Å². The summed E-state index contributed by atoms with van der Waals surface area (Å²) in [5.41, 5.74) is 4.57. The van der Waals surface area contributed by atoms with Crippen molar-refractivity contribution >= 4 is 27.5 Å². The molecule has 23 heavy (non-hydrogen) atoms. The van der Waals surface area contributed by atoms with Crippen LogP contribution < -0.4 is 19.9 Å². The highest BCUT2D eigenvalue weighted by Gasteiger charge is 2.13. The lowest BCUT2D eigenvalue weighted by Crippen LogP contribution is -2.40. The molecular weight excluding hydrogens is 360 g/mol. The van der Waals surface area contributed by atoms with Crippen molar-refractivity contribution in [3.8, 4) is 11.5 Å². The molecule has 0 atom stereocenters. The number of para-hydroxylation sites is 1. The van der Waals surface area contributed by atoms with Crippen molar-refractivity contribution in [1.82, 2.24) is 5.43 Å². The van der Waals surface area contributed by atoms with Crippen LogP contribution in [-0.4, -0.2) is 27.2 Å². The van der Waals surface area contributed by atoms with E-state index in [1.165, 1.54) is 0 Å². The highest BCUT2D eigenvalue weighted by molar-refractivity contribution is 9.10. The standard InChI is InChI=1S/C17H19BrN2O3/c1-20(13-7-5-4-6-8-13)19-17(21)10-12-9-15(22-2)16(23-3)11-14(12)18/h4-9,11H,10H2,1-3H3,(H,19,21). The van der Waals surface area contributed by atoms with Gasteiger partial charge in [-0.2, -0.15) is 0 Å². The van der Waals surface area contributed by atoms with Gasteiger partial charge < -0.3 is 9.47 Å². The number of halogens is 1. The summed E-state index contributed by atoms with van der Waals surface area (Å²) in [6.07, 6.45) is 0.220. The molecular formula is C17H19BrN2O3. The Balaban J connectivity index is 2.08. The molecule has 6 heteroatoms. The lowest BCUT2D eigenvalue weighted by molar-refractivity contribution is -0.120. The summed E-state index contributed by atoms with van der Waals surface area (Å²) >= 11 is 3.46. The first-order valence-corrected chi connectivity index (χ1v) is 7.83. The molecule has 5 nitrogen and oxygen atoms in total. The van der Waals surface area contributed by atoms with E-state index in [9.17, 15) is 4.79 Å². The van der Waals surface area contributed by atoms with Gasteiger partial charge in [0.25, 0.3) is 0 Å². The number of carbonyl (C=O) groups is 1. The summed E-state index contributed by atoms with van der Waals surface area (Å²) in [7, 11) is 4.95. The Bertz CT molecular complexity index is 677. The van der Waals surface area contributed by atoms with Crippen LogP contribution in [0.1, 0.15) is 5.56 Å². The minimum atomic E-state index is -0.121. The van der Waals surface area contributed by atoms with Crippen molar-refractivity contribution in [1.29, 1.82) is 0 Å². The molecule has 0 aliphatic carbocycles. The number of anilines is 1. The first-order valence-electron chi connectivity index (χ1n) is 7.03. The molecule has 2 aromatic rings. The van der Waals surface area contributed by atoms with Gasteiger partial charge >= 0.3 is 0 Å². The van der Waals surface area contributed by atoms with Crippen LogP contribution in [0.25, 0.3) is 0 Å². The molecule has 0 saturated carbocycles. The second-order valence-electron chi connectivity index (χ2n) is 4.90. The topological polar surface area (TPSA) is 50.8 Å². The van der Waals surface area contributed by atoms with Gasteiger partial charge in [-0.05, 0) is 29.8 Å². The third kappa shape index (κ3) is 4.39. The van der Waals surface area contributed by atoms with Crippen molar-refractivity contribution in [2.75, 3.05) is 26.3 Å². The van der Waals surface area contributed by atoms with Gasteiger partial charge in [0.2, 0.25) is 5.91 Å². The third-order valence-electron chi connectivity index (χ3n) is 3.34. The number of hydrazine groups is 1. The minimum absolute atomic E-state index is 0.121. The van der Waals surface area contributed by atoms with E-state index in [4.69, 9.17) is 9.47 Å². The molecule has 0 aliphatic heterocycles. The summed E-state index contributed by atoms with van der Waals surface area (Å²) in [5.74, 6) is 1.09. The summed E-state index contributed by atoms with van der Waals surface area (Å²) in [6.45, 7) is 0. The predicted molar refractivity (Wildman–Crippen MR) is 93.9 cm³/mol. The van der Waals surface area contributed by atoms with Gasteiger partial charge in [-0.1, -0.05) is 34.1 Å². The summed E-state index contributed by atoms with van der Waals surface area (Å²) < 4.78 is 11.3. The number of nitrogens with one attached hydrogen (secondary N) is 1. The smallest absolute Gasteiger partial charge is 0.242 e. The van der Waals surface area contributed by atoms with Gasteiger partial charge in [-0.25, -0.2) is 0 Å². The third-order valence-corrected chi connectivity index (χ3v) is 4.08. The Kier molecular flexibility index (Phi) is 5.87. The fourth-order valence-electron chi connectivity index (χ4n) is 2.15. The second kappa shape index (κ2) is 7.87. The molecule has 122 valence electrons. The van der Waals surface area contributed by atoms with Gasteiger partial charge in [0.1, 0.15) is 0 Å². The normalized spacial score (nSPS) is 10.1. The average molecular weight is 379 g/mol. The molecule has 0 unspecified atom stereocenters. The molecule has 0 saturated heterocycles. The molecule has 0 heterocycles. The van der Waals surface area contributed by atoms with Gasteiger partial charge in [-0.3, -0.25) is 15.2 Å². The zero-order valence-corrected chi connectivity index (χ0v) is 14.9. The largest absolute Gasteiger partial charge is 0.493 e. The number of carbonyl (C=O) groups excluding carboxylic acids is 1.